The molecule has 3 aromatic rings. The summed E-state index contributed by atoms with van der Waals surface area (Å²) in [6.07, 6.45) is 4.80. The summed E-state index contributed by atoms with van der Waals surface area (Å²) < 4.78 is 6.18. The fourth-order valence-electron chi connectivity index (χ4n) is 4.13. The van der Waals surface area contributed by atoms with Gasteiger partial charge in [0.05, 0.1) is 19.3 Å². The zero-order valence-electron chi connectivity index (χ0n) is 18.3. The third-order valence-electron chi connectivity index (χ3n) is 5.63. The zero-order chi connectivity index (χ0) is 22.6. The lowest BCUT2D eigenvalue weighted by molar-refractivity contribution is -0.165. The van der Waals surface area contributed by atoms with Gasteiger partial charge in [-0.1, -0.05) is 54.6 Å². The van der Waals surface area contributed by atoms with E-state index in [2.05, 4.69) is 9.97 Å². The van der Waals surface area contributed by atoms with Crippen LogP contribution in [0.1, 0.15) is 16.1 Å². The third-order valence-corrected chi connectivity index (χ3v) is 5.63. The van der Waals surface area contributed by atoms with Crippen LogP contribution in [0, 0.1) is 0 Å². The fraction of sp³-hybridized carbons (Fsp3) is 0.280. The molecule has 164 valence electrons. The molecule has 0 saturated carbocycles. The highest BCUT2D eigenvalue weighted by Gasteiger charge is 2.46. The second-order valence-electron chi connectivity index (χ2n) is 8.06. The molecular weight excluding hydrogens is 404 g/mol. The Hall–Kier alpha value is -3.58. The number of ether oxygens (including phenoxy) is 1. The molecule has 1 unspecified atom stereocenters. The number of hydrogen-bond donors (Lipinski definition) is 0. The van der Waals surface area contributed by atoms with Crippen molar-refractivity contribution < 1.29 is 14.3 Å². The molecule has 4 rings (SSSR count). The lowest BCUT2D eigenvalue weighted by Crippen LogP contribution is -2.61. The summed E-state index contributed by atoms with van der Waals surface area (Å²) in [5.41, 5.74) is 2.16. The van der Waals surface area contributed by atoms with Gasteiger partial charge in [-0.3, -0.25) is 14.6 Å². The number of amides is 2. The number of morpholine rings is 1. The van der Waals surface area contributed by atoms with Crippen LogP contribution in [0.25, 0.3) is 11.1 Å². The minimum Gasteiger partial charge on any atom is -0.361 e. The Labute approximate surface area is 187 Å². The van der Waals surface area contributed by atoms with E-state index in [1.807, 2.05) is 54.6 Å². The van der Waals surface area contributed by atoms with Crippen LogP contribution in [0.5, 0.6) is 0 Å². The van der Waals surface area contributed by atoms with Crippen molar-refractivity contribution in [3.05, 3.63) is 84.4 Å². The van der Waals surface area contributed by atoms with Crippen molar-refractivity contribution in [2.24, 2.45) is 0 Å². The predicted molar refractivity (Wildman–Crippen MR) is 121 cm³/mol. The van der Waals surface area contributed by atoms with Crippen LogP contribution >= 0.6 is 0 Å². The molecule has 1 saturated heterocycles. The predicted octanol–water partition coefficient (Wildman–Crippen LogP) is 2.69. The van der Waals surface area contributed by atoms with E-state index >= 15 is 0 Å². The van der Waals surface area contributed by atoms with Crippen molar-refractivity contribution in [1.29, 1.82) is 0 Å². The monoisotopic (exact) mass is 430 g/mol. The first-order valence-electron chi connectivity index (χ1n) is 10.5. The molecule has 1 fully saturated rings. The van der Waals surface area contributed by atoms with Crippen molar-refractivity contribution in [2.75, 3.05) is 33.8 Å². The maximum atomic E-state index is 13.4. The molecule has 0 N–H and O–H groups in total. The topological polar surface area (TPSA) is 75.6 Å². The molecule has 1 aliphatic heterocycles. The van der Waals surface area contributed by atoms with Gasteiger partial charge in [0.2, 0.25) is 0 Å². The first-order valence-corrected chi connectivity index (χ1v) is 10.5. The van der Waals surface area contributed by atoms with Crippen LogP contribution < -0.4 is 0 Å². The standard InChI is InChI=1S/C25H26N4O3/c1-28(2)24(31)25(16-20-10-6-7-11-21(20)19-8-4-3-5-9-19)18-29(14-15-32-25)23(30)22-17-26-12-13-27-22/h3-13,17H,14-16,18H2,1-2H3. The summed E-state index contributed by atoms with van der Waals surface area (Å²) in [5.74, 6) is -0.425. The fourth-order valence-corrected chi connectivity index (χ4v) is 4.13. The van der Waals surface area contributed by atoms with Gasteiger partial charge >= 0.3 is 0 Å². The lowest BCUT2D eigenvalue weighted by Gasteiger charge is -2.43. The lowest BCUT2D eigenvalue weighted by atomic mass is 9.87. The molecule has 1 aromatic heterocycles. The number of likely N-dealkylation sites (N-methyl/N-ethyl adjacent to an activating group) is 1. The van der Waals surface area contributed by atoms with Crippen LogP contribution in [-0.4, -0.2) is 71.0 Å². The van der Waals surface area contributed by atoms with E-state index in [0.29, 0.717) is 13.0 Å². The van der Waals surface area contributed by atoms with Crippen molar-refractivity contribution in [1.82, 2.24) is 19.8 Å². The Balaban J connectivity index is 1.70. The Bertz CT molecular complexity index is 1090. The van der Waals surface area contributed by atoms with Crippen molar-refractivity contribution in [3.63, 3.8) is 0 Å². The van der Waals surface area contributed by atoms with E-state index < -0.39 is 5.60 Å². The van der Waals surface area contributed by atoms with Gasteiger partial charge in [-0.05, 0) is 16.7 Å². The van der Waals surface area contributed by atoms with Gasteiger partial charge in [-0.25, -0.2) is 4.98 Å². The first-order chi connectivity index (χ1) is 15.5. The van der Waals surface area contributed by atoms with Crippen molar-refractivity contribution in [3.8, 4) is 11.1 Å². The Morgan fingerprint density at radius 2 is 1.81 bits per heavy atom. The van der Waals surface area contributed by atoms with Crippen molar-refractivity contribution >= 4 is 11.8 Å². The summed E-state index contributed by atoms with van der Waals surface area (Å²) >= 11 is 0. The highest BCUT2D eigenvalue weighted by atomic mass is 16.5. The van der Waals surface area contributed by atoms with Gasteiger partial charge < -0.3 is 14.5 Å². The normalized spacial score (nSPS) is 18.2. The van der Waals surface area contributed by atoms with E-state index in [-0.39, 0.29) is 30.7 Å². The molecule has 2 amide bonds. The summed E-state index contributed by atoms with van der Waals surface area (Å²) in [6.45, 7) is 0.791. The van der Waals surface area contributed by atoms with E-state index in [9.17, 15) is 9.59 Å². The van der Waals surface area contributed by atoms with E-state index in [1.54, 1.807) is 19.0 Å². The van der Waals surface area contributed by atoms with E-state index in [4.69, 9.17) is 4.74 Å². The molecule has 32 heavy (non-hydrogen) atoms. The molecule has 2 heterocycles. The van der Waals surface area contributed by atoms with Gasteiger partial charge in [0, 0.05) is 39.5 Å². The summed E-state index contributed by atoms with van der Waals surface area (Å²) in [7, 11) is 3.42. The van der Waals surface area contributed by atoms with Gasteiger partial charge in [-0.15, -0.1) is 0 Å². The smallest absolute Gasteiger partial charge is 0.274 e. The molecule has 0 bridgehead atoms. The van der Waals surface area contributed by atoms with Gasteiger partial charge in [0.25, 0.3) is 11.8 Å². The average molecular weight is 431 g/mol. The molecular formula is C25H26N4O3. The SMILES string of the molecule is CN(C)C(=O)C1(Cc2ccccc2-c2ccccc2)CN(C(=O)c2cnccn2)CCO1. The van der Waals surface area contributed by atoms with Crippen molar-refractivity contribution in [2.45, 2.75) is 12.0 Å². The molecule has 2 aromatic carbocycles. The molecule has 0 spiro atoms. The summed E-state index contributed by atoms with van der Waals surface area (Å²) in [4.78, 5) is 37.8. The van der Waals surface area contributed by atoms with Crippen LogP contribution in [0.2, 0.25) is 0 Å². The maximum absolute atomic E-state index is 13.4. The molecule has 1 atom stereocenters. The van der Waals surface area contributed by atoms with Crippen LogP contribution in [-0.2, 0) is 16.0 Å². The second-order valence-corrected chi connectivity index (χ2v) is 8.06. The van der Waals surface area contributed by atoms with Gasteiger partial charge in [0.1, 0.15) is 5.69 Å². The number of benzene rings is 2. The Kier molecular flexibility index (Phi) is 6.28. The van der Waals surface area contributed by atoms with E-state index in [0.717, 1.165) is 16.7 Å². The number of hydrogen-bond acceptors (Lipinski definition) is 5. The second kappa shape index (κ2) is 9.28. The number of carbonyl (C=O) groups is 2. The van der Waals surface area contributed by atoms with Crippen LogP contribution in [0.15, 0.2) is 73.2 Å². The highest BCUT2D eigenvalue weighted by Crippen LogP contribution is 2.31. The average Bonchev–Trinajstić information content (AvgIpc) is 2.84. The molecule has 0 radical (unpaired) electrons. The summed E-state index contributed by atoms with van der Waals surface area (Å²) in [6, 6.07) is 18.1. The molecule has 1 aliphatic rings. The van der Waals surface area contributed by atoms with Crippen LogP contribution in [0.4, 0.5) is 0 Å². The minimum absolute atomic E-state index is 0.141. The quantitative estimate of drug-likeness (QED) is 0.622. The highest BCUT2D eigenvalue weighted by molar-refractivity contribution is 5.93. The van der Waals surface area contributed by atoms with Gasteiger partial charge in [0.15, 0.2) is 5.60 Å². The largest absolute Gasteiger partial charge is 0.361 e. The number of carbonyl (C=O) groups excluding carboxylic acids is 2. The van der Waals surface area contributed by atoms with Crippen LogP contribution in [0.3, 0.4) is 0 Å². The molecule has 7 nitrogen and oxygen atoms in total. The van der Waals surface area contributed by atoms with Gasteiger partial charge in [-0.2, -0.15) is 0 Å². The Morgan fingerprint density at radius 3 is 2.53 bits per heavy atom. The molecule has 0 aliphatic carbocycles. The summed E-state index contributed by atoms with van der Waals surface area (Å²) in [5, 5.41) is 0. The Morgan fingerprint density at radius 1 is 1.06 bits per heavy atom. The first kappa shape index (κ1) is 21.6. The number of nitrogens with zero attached hydrogens (tertiary/aromatic N) is 4. The maximum Gasteiger partial charge on any atom is 0.274 e. The number of aromatic nitrogens is 2. The number of rotatable bonds is 5. The van der Waals surface area contributed by atoms with E-state index in [1.165, 1.54) is 23.5 Å². The zero-order valence-corrected chi connectivity index (χ0v) is 18.3. The molecule has 7 heteroatoms. The third kappa shape index (κ3) is 4.38. The minimum atomic E-state index is -1.19.